The lowest BCUT2D eigenvalue weighted by molar-refractivity contribution is 0.0798. The number of nitrogens with zero attached hydrogens (tertiary/aromatic N) is 4. The molecule has 1 fully saturated rings. The Hall–Kier alpha value is -3.90. The summed E-state index contributed by atoms with van der Waals surface area (Å²) >= 11 is 0. The summed E-state index contributed by atoms with van der Waals surface area (Å²) in [5.74, 6) is 0.391. The maximum absolute atomic E-state index is 12.5. The molecule has 0 spiro atoms. The van der Waals surface area contributed by atoms with Gasteiger partial charge in [-0.1, -0.05) is 6.07 Å². The number of aromatic nitrogens is 1. The first-order valence-corrected chi connectivity index (χ1v) is 13.4. The van der Waals surface area contributed by atoms with Gasteiger partial charge in [0.2, 0.25) is 0 Å². The van der Waals surface area contributed by atoms with Crippen LogP contribution in [-0.4, -0.2) is 67.7 Å². The number of ether oxygens (including phenoxy) is 1. The number of nitrogens with one attached hydrogen (secondary N) is 3. The number of urea groups is 1. The highest BCUT2D eigenvalue weighted by molar-refractivity contribution is 6.09. The molecule has 0 radical (unpaired) electrons. The fraction of sp³-hybridized carbons (Fsp3) is 0.448. The van der Waals surface area contributed by atoms with Crippen molar-refractivity contribution in [3.63, 3.8) is 0 Å². The van der Waals surface area contributed by atoms with E-state index in [1.807, 2.05) is 36.2 Å². The molecule has 1 aromatic heterocycles. The van der Waals surface area contributed by atoms with Gasteiger partial charge in [0.15, 0.2) is 0 Å². The van der Waals surface area contributed by atoms with E-state index in [2.05, 4.69) is 27.8 Å². The number of amidine groups is 1. The van der Waals surface area contributed by atoms with Gasteiger partial charge in [-0.05, 0) is 56.4 Å². The van der Waals surface area contributed by atoms with E-state index in [9.17, 15) is 15.5 Å². The molecular formula is C29H35N7O2. The molecule has 4 heterocycles. The van der Waals surface area contributed by atoms with Gasteiger partial charge in [-0.2, -0.15) is 5.26 Å². The van der Waals surface area contributed by atoms with E-state index in [1.54, 1.807) is 11.9 Å². The van der Waals surface area contributed by atoms with Crippen LogP contribution in [0.2, 0.25) is 0 Å². The van der Waals surface area contributed by atoms with Crippen molar-refractivity contribution in [2.45, 2.75) is 45.1 Å². The Balaban J connectivity index is 1.50. The second-order valence-corrected chi connectivity index (χ2v) is 10.1. The van der Waals surface area contributed by atoms with Crippen molar-refractivity contribution in [1.82, 2.24) is 20.5 Å². The molecule has 2 aromatic rings. The summed E-state index contributed by atoms with van der Waals surface area (Å²) < 4.78 is 5.53. The van der Waals surface area contributed by atoms with Crippen molar-refractivity contribution in [2.75, 3.05) is 44.8 Å². The van der Waals surface area contributed by atoms with Gasteiger partial charge < -0.3 is 25.2 Å². The van der Waals surface area contributed by atoms with E-state index in [1.165, 1.54) is 0 Å². The van der Waals surface area contributed by atoms with E-state index in [0.29, 0.717) is 43.5 Å². The molecule has 1 saturated heterocycles. The zero-order valence-electron chi connectivity index (χ0n) is 22.1. The van der Waals surface area contributed by atoms with E-state index in [4.69, 9.17) is 4.74 Å². The first-order chi connectivity index (χ1) is 18.5. The number of fused-ring (bicyclic) bond motifs is 1. The summed E-state index contributed by atoms with van der Waals surface area (Å²) in [6.07, 6.45) is 6.13. The second kappa shape index (κ2) is 11.2. The number of carbonyl (C=O) groups is 1. The minimum atomic E-state index is -0.137. The topological polar surface area (TPSA) is 117 Å². The first-order valence-electron chi connectivity index (χ1n) is 13.4. The van der Waals surface area contributed by atoms with E-state index in [0.717, 1.165) is 78.2 Å². The van der Waals surface area contributed by atoms with E-state index >= 15 is 0 Å². The van der Waals surface area contributed by atoms with Gasteiger partial charge in [0, 0.05) is 85.8 Å². The van der Waals surface area contributed by atoms with Crippen LogP contribution >= 0.6 is 0 Å². The molecule has 3 N–H and O–H groups in total. The fourth-order valence-electron chi connectivity index (χ4n) is 5.55. The van der Waals surface area contributed by atoms with Crippen LogP contribution in [0.4, 0.5) is 10.5 Å². The predicted molar refractivity (Wildman–Crippen MR) is 147 cm³/mol. The van der Waals surface area contributed by atoms with Crippen molar-refractivity contribution in [3.8, 4) is 17.2 Å². The molecular weight excluding hydrogens is 478 g/mol. The summed E-state index contributed by atoms with van der Waals surface area (Å²) in [5.41, 5.74) is 7.19. The highest BCUT2D eigenvalue weighted by Gasteiger charge is 2.31. The predicted octanol–water partition coefficient (Wildman–Crippen LogP) is 3.73. The third kappa shape index (κ3) is 5.22. The highest BCUT2D eigenvalue weighted by Crippen LogP contribution is 2.36. The first kappa shape index (κ1) is 25.7. The molecule has 0 atom stereocenters. The average molecular weight is 514 g/mol. The standard InChI is InChI=1S/C29H35N7O2/c1-19-5-6-21(17-33-19)24-14-20-4-3-10-36(27(20)15-22(24)16-30)28(31)25-18-35(29(37)32-2)11-7-26(25)34-23-8-12-38-13-9-23/h5-6,14-15,17,23,31,34H,3-4,7-13,18H2,1-2H3,(H,32,37). The van der Waals surface area contributed by atoms with Crippen LogP contribution in [-0.2, 0) is 11.2 Å². The van der Waals surface area contributed by atoms with E-state index < -0.39 is 0 Å². The molecule has 0 aliphatic carbocycles. The fourth-order valence-corrected chi connectivity index (χ4v) is 5.55. The molecule has 5 rings (SSSR count). The van der Waals surface area contributed by atoms with Crippen molar-refractivity contribution in [2.24, 2.45) is 0 Å². The summed E-state index contributed by atoms with van der Waals surface area (Å²) in [6.45, 7) is 5.08. The van der Waals surface area contributed by atoms with Gasteiger partial charge in [0.1, 0.15) is 5.84 Å². The van der Waals surface area contributed by atoms with Gasteiger partial charge in [-0.25, -0.2) is 4.79 Å². The molecule has 3 aliphatic heterocycles. The van der Waals surface area contributed by atoms with Gasteiger partial charge in [0.25, 0.3) is 0 Å². The number of anilines is 1. The summed E-state index contributed by atoms with van der Waals surface area (Å²) in [7, 11) is 1.64. The average Bonchev–Trinajstić information content (AvgIpc) is 2.96. The van der Waals surface area contributed by atoms with E-state index in [-0.39, 0.29) is 6.03 Å². The van der Waals surface area contributed by atoms with Crippen molar-refractivity contribution < 1.29 is 9.53 Å². The van der Waals surface area contributed by atoms with Gasteiger partial charge >= 0.3 is 6.03 Å². The zero-order chi connectivity index (χ0) is 26.6. The van der Waals surface area contributed by atoms with Crippen LogP contribution in [0, 0.1) is 23.7 Å². The number of hydrogen-bond donors (Lipinski definition) is 3. The van der Waals surface area contributed by atoms with Gasteiger partial charge in [0.05, 0.1) is 18.2 Å². The Labute approximate surface area is 224 Å². The molecule has 9 nitrogen and oxygen atoms in total. The third-order valence-electron chi connectivity index (χ3n) is 7.68. The van der Waals surface area contributed by atoms with Crippen LogP contribution in [0.25, 0.3) is 11.1 Å². The van der Waals surface area contributed by atoms with Gasteiger partial charge in [-0.15, -0.1) is 0 Å². The zero-order valence-corrected chi connectivity index (χ0v) is 22.1. The van der Waals surface area contributed by atoms with Crippen LogP contribution in [0.1, 0.15) is 42.5 Å². The maximum Gasteiger partial charge on any atom is 0.317 e. The number of nitriles is 1. The van der Waals surface area contributed by atoms with Crippen LogP contribution in [0.15, 0.2) is 41.7 Å². The minimum absolute atomic E-state index is 0.137. The molecule has 9 heteroatoms. The summed E-state index contributed by atoms with van der Waals surface area (Å²) in [6, 6.07) is 10.5. The largest absolute Gasteiger partial charge is 0.385 e. The Morgan fingerprint density at radius 3 is 2.74 bits per heavy atom. The monoisotopic (exact) mass is 513 g/mol. The lowest BCUT2D eigenvalue weighted by atomic mass is 9.92. The smallest absolute Gasteiger partial charge is 0.317 e. The molecule has 2 amide bonds. The molecule has 198 valence electrons. The van der Waals surface area contributed by atoms with Crippen LogP contribution < -0.4 is 15.5 Å². The molecule has 1 aromatic carbocycles. The van der Waals surface area contributed by atoms with Crippen LogP contribution in [0.5, 0.6) is 0 Å². The van der Waals surface area contributed by atoms with Crippen LogP contribution in [0.3, 0.4) is 0 Å². The molecule has 38 heavy (non-hydrogen) atoms. The van der Waals surface area contributed by atoms with Gasteiger partial charge in [-0.3, -0.25) is 10.4 Å². The number of carbonyl (C=O) groups excluding carboxylic acids is 1. The Kier molecular flexibility index (Phi) is 7.61. The maximum atomic E-state index is 12.5. The highest BCUT2D eigenvalue weighted by atomic mass is 16.5. The Bertz CT molecular complexity index is 1290. The Morgan fingerprint density at radius 2 is 2.03 bits per heavy atom. The molecule has 0 bridgehead atoms. The normalized spacial score (nSPS) is 18.0. The quantitative estimate of drug-likeness (QED) is 0.424. The number of benzene rings is 1. The molecule has 3 aliphatic rings. The SMILES string of the molecule is CNC(=O)N1CCC(NC2CCOCC2)=C(C(=N)N2CCCc3cc(-c4ccc(C)nc4)c(C#N)cc32)C1. The Morgan fingerprint density at radius 1 is 1.21 bits per heavy atom. The second-order valence-electron chi connectivity index (χ2n) is 10.1. The number of pyridine rings is 1. The lowest BCUT2D eigenvalue weighted by Crippen LogP contribution is -2.48. The number of aryl methyl sites for hydroxylation is 2. The molecule has 0 unspecified atom stereocenters. The van der Waals surface area contributed by atoms with Crippen molar-refractivity contribution in [3.05, 3.63) is 58.6 Å². The summed E-state index contributed by atoms with van der Waals surface area (Å²) in [5, 5.41) is 25.8. The number of rotatable bonds is 4. The lowest BCUT2D eigenvalue weighted by Gasteiger charge is -2.38. The third-order valence-corrected chi connectivity index (χ3v) is 7.68. The number of hydrogen-bond acceptors (Lipinski definition) is 6. The van der Waals surface area contributed by atoms with Crippen molar-refractivity contribution in [1.29, 1.82) is 10.7 Å². The number of amides is 2. The summed E-state index contributed by atoms with van der Waals surface area (Å²) in [4.78, 5) is 20.7. The molecule has 0 saturated carbocycles. The minimum Gasteiger partial charge on any atom is -0.385 e. The van der Waals surface area contributed by atoms with Crippen molar-refractivity contribution >= 4 is 17.6 Å².